The molecule has 5 heteroatoms. The molecule has 1 saturated heterocycles. The minimum atomic E-state index is -0.403. The van der Waals surface area contributed by atoms with Crippen LogP contribution >= 0.6 is 0 Å². The van der Waals surface area contributed by atoms with Crippen LogP contribution in [0, 0.1) is 11.8 Å². The number of carbonyl (C=O) groups excluding carboxylic acids is 1. The Morgan fingerprint density at radius 2 is 1.93 bits per heavy atom. The summed E-state index contributed by atoms with van der Waals surface area (Å²) >= 11 is 0. The average molecular weight is 392 g/mol. The Morgan fingerprint density at radius 3 is 2.66 bits per heavy atom. The summed E-state index contributed by atoms with van der Waals surface area (Å²) < 4.78 is 9.00. The van der Waals surface area contributed by atoms with Crippen LogP contribution in [-0.2, 0) is 16.9 Å². The lowest BCUT2D eigenvalue weighted by atomic mass is 9.82. The van der Waals surface area contributed by atoms with E-state index in [1.807, 2.05) is 24.5 Å². The summed E-state index contributed by atoms with van der Waals surface area (Å²) in [4.78, 5) is 19.8. The van der Waals surface area contributed by atoms with Crippen LogP contribution in [0.5, 0.6) is 5.75 Å². The number of nitrogens with zero attached hydrogens (tertiary/aromatic N) is 3. The first-order valence-electron chi connectivity index (χ1n) is 10.9. The number of carbonyl (C=O) groups is 1. The second-order valence-electron chi connectivity index (χ2n) is 9.05. The molecule has 5 nitrogen and oxygen atoms in total. The van der Waals surface area contributed by atoms with Crippen molar-refractivity contribution in [1.82, 2.24) is 14.5 Å². The molecule has 3 heterocycles. The van der Waals surface area contributed by atoms with E-state index >= 15 is 0 Å². The van der Waals surface area contributed by atoms with E-state index in [4.69, 9.17) is 9.72 Å². The van der Waals surface area contributed by atoms with E-state index < -0.39 is 5.60 Å². The highest BCUT2D eigenvalue weighted by molar-refractivity contribution is 5.80. The van der Waals surface area contributed by atoms with Gasteiger partial charge >= 0.3 is 0 Å². The first-order valence-corrected chi connectivity index (χ1v) is 10.9. The third-order valence-electron chi connectivity index (χ3n) is 6.52. The van der Waals surface area contributed by atoms with Crippen molar-refractivity contribution in [2.75, 3.05) is 13.1 Å². The summed E-state index contributed by atoms with van der Waals surface area (Å²) in [5.41, 5.74) is 2.91. The van der Waals surface area contributed by atoms with Crippen LogP contribution in [0.4, 0.5) is 0 Å². The van der Waals surface area contributed by atoms with Crippen molar-refractivity contribution in [3.8, 4) is 17.0 Å². The van der Waals surface area contributed by atoms with Gasteiger partial charge in [-0.2, -0.15) is 0 Å². The van der Waals surface area contributed by atoms with Crippen LogP contribution in [0.25, 0.3) is 11.3 Å². The van der Waals surface area contributed by atoms with Crippen LogP contribution in [0.15, 0.2) is 42.7 Å². The van der Waals surface area contributed by atoms with Gasteiger partial charge in [-0.25, -0.2) is 4.98 Å². The number of rotatable bonds is 3. The third-order valence-corrected chi connectivity index (χ3v) is 6.52. The van der Waals surface area contributed by atoms with E-state index in [1.165, 1.54) is 5.69 Å². The van der Waals surface area contributed by atoms with Crippen molar-refractivity contribution >= 4 is 5.91 Å². The van der Waals surface area contributed by atoms with Gasteiger partial charge in [-0.3, -0.25) is 4.79 Å². The van der Waals surface area contributed by atoms with Gasteiger partial charge in [0.15, 0.2) is 5.60 Å². The monoisotopic (exact) mass is 391 g/mol. The number of allylic oxidation sites excluding steroid dienone is 2. The Balaban J connectivity index is 1.47. The lowest BCUT2D eigenvalue weighted by Crippen LogP contribution is -2.51. The summed E-state index contributed by atoms with van der Waals surface area (Å²) in [6, 6.07) is 8.21. The molecule has 1 aromatic heterocycles. The highest BCUT2D eigenvalue weighted by atomic mass is 16.5. The van der Waals surface area contributed by atoms with Gasteiger partial charge in [-0.05, 0) is 30.9 Å². The number of piperidine rings is 1. The number of benzene rings is 1. The molecule has 2 aromatic rings. The van der Waals surface area contributed by atoms with Gasteiger partial charge in [0, 0.05) is 44.0 Å². The largest absolute Gasteiger partial charge is 0.480 e. The molecular weight excluding hydrogens is 362 g/mol. The lowest BCUT2D eigenvalue weighted by Gasteiger charge is -2.45. The second kappa shape index (κ2) is 7.05. The maximum absolute atomic E-state index is 12.9. The molecule has 0 saturated carbocycles. The smallest absolute Gasteiger partial charge is 0.226 e. The van der Waals surface area contributed by atoms with Gasteiger partial charge in [-0.15, -0.1) is 0 Å². The number of hydrogen-bond donors (Lipinski definition) is 0. The molecule has 1 aliphatic carbocycles. The highest BCUT2D eigenvalue weighted by Crippen LogP contribution is 2.49. The molecule has 0 bridgehead atoms. The molecule has 29 heavy (non-hydrogen) atoms. The Morgan fingerprint density at radius 1 is 1.21 bits per heavy atom. The minimum absolute atomic E-state index is 0.138. The van der Waals surface area contributed by atoms with E-state index in [0.29, 0.717) is 11.8 Å². The van der Waals surface area contributed by atoms with Crippen molar-refractivity contribution in [1.29, 1.82) is 0 Å². The van der Waals surface area contributed by atoms with E-state index in [0.717, 1.165) is 62.3 Å². The van der Waals surface area contributed by atoms with E-state index in [2.05, 4.69) is 41.5 Å². The fraction of sp³-hybridized carbons (Fsp3) is 0.500. The van der Waals surface area contributed by atoms with Gasteiger partial charge in [-0.1, -0.05) is 38.1 Å². The van der Waals surface area contributed by atoms with Crippen LogP contribution < -0.4 is 4.74 Å². The Kier molecular flexibility index (Phi) is 4.49. The van der Waals surface area contributed by atoms with E-state index in [1.54, 1.807) is 0 Å². The molecule has 0 atom stereocenters. The topological polar surface area (TPSA) is 47.4 Å². The maximum atomic E-state index is 12.9. The van der Waals surface area contributed by atoms with Crippen LogP contribution in [0.1, 0.15) is 45.2 Å². The SMILES string of the molecule is CC(C)Cn1cnc2c1C1(CCN(C(=O)C3CC=CC3)CC1)Oc1ccccc1-2. The molecule has 0 N–H and O–H groups in total. The van der Waals surface area contributed by atoms with Crippen LogP contribution in [0.2, 0.25) is 0 Å². The number of aromatic nitrogens is 2. The van der Waals surface area contributed by atoms with Gasteiger partial charge < -0.3 is 14.2 Å². The van der Waals surface area contributed by atoms with Crippen LogP contribution in [0.3, 0.4) is 0 Å². The zero-order valence-corrected chi connectivity index (χ0v) is 17.3. The zero-order chi connectivity index (χ0) is 20.0. The standard InChI is InChI=1S/C24H29N3O2/c1-17(2)15-27-16-25-21-19-9-5-6-10-20(19)29-24(22(21)27)11-13-26(14-12-24)23(28)18-7-3-4-8-18/h3-6,9-10,16-18H,7-8,11-15H2,1-2H3. The first-order chi connectivity index (χ1) is 14.1. The number of likely N-dealkylation sites (tertiary alicyclic amines) is 1. The zero-order valence-electron chi connectivity index (χ0n) is 17.3. The Hall–Kier alpha value is -2.56. The fourth-order valence-electron chi connectivity index (χ4n) is 5.10. The van der Waals surface area contributed by atoms with Crippen molar-refractivity contribution in [3.63, 3.8) is 0 Å². The number of imidazole rings is 1. The van der Waals surface area contributed by atoms with Gasteiger partial charge in [0.2, 0.25) is 5.91 Å². The first kappa shape index (κ1) is 18.5. The van der Waals surface area contributed by atoms with Gasteiger partial charge in [0.1, 0.15) is 5.75 Å². The van der Waals surface area contributed by atoms with Crippen molar-refractivity contribution in [2.24, 2.45) is 11.8 Å². The molecule has 0 unspecified atom stereocenters. The average Bonchev–Trinajstić information content (AvgIpc) is 3.39. The Labute approximate surface area is 172 Å². The Bertz CT molecular complexity index is 943. The molecule has 0 radical (unpaired) electrons. The summed E-state index contributed by atoms with van der Waals surface area (Å²) in [7, 11) is 0. The van der Waals surface area contributed by atoms with E-state index in [-0.39, 0.29) is 5.92 Å². The number of hydrogen-bond acceptors (Lipinski definition) is 3. The predicted octanol–water partition coefficient (Wildman–Crippen LogP) is 4.38. The summed E-state index contributed by atoms with van der Waals surface area (Å²) in [6.07, 6.45) is 9.62. The summed E-state index contributed by atoms with van der Waals surface area (Å²) in [6.45, 7) is 6.86. The number of fused-ring (bicyclic) bond motifs is 4. The molecule has 1 aromatic carbocycles. The number of ether oxygens (including phenoxy) is 1. The van der Waals surface area contributed by atoms with Gasteiger partial charge in [0.05, 0.1) is 17.7 Å². The normalized spacial score (nSPS) is 20.0. The number of para-hydroxylation sites is 1. The molecule has 1 amide bonds. The van der Waals surface area contributed by atoms with Crippen molar-refractivity contribution in [3.05, 3.63) is 48.4 Å². The molecule has 2 aliphatic heterocycles. The van der Waals surface area contributed by atoms with Gasteiger partial charge in [0.25, 0.3) is 0 Å². The second-order valence-corrected chi connectivity index (χ2v) is 9.05. The van der Waals surface area contributed by atoms with Crippen LogP contribution in [-0.4, -0.2) is 33.4 Å². The highest BCUT2D eigenvalue weighted by Gasteiger charge is 2.47. The van der Waals surface area contributed by atoms with Crippen molar-refractivity contribution < 1.29 is 9.53 Å². The molecule has 5 rings (SSSR count). The van der Waals surface area contributed by atoms with E-state index in [9.17, 15) is 4.79 Å². The molecule has 1 spiro atoms. The number of amides is 1. The van der Waals surface area contributed by atoms with Crippen molar-refractivity contribution in [2.45, 2.75) is 51.7 Å². The fourth-order valence-corrected chi connectivity index (χ4v) is 5.10. The molecule has 152 valence electrons. The quantitative estimate of drug-likeness (QED) is 0.730. The lowest BCUT2D eigenvalue weighted by molar-refractivity contribution is -0.139. The molecular formula is C24H29N3O2. The molecule has 1 fully saturated rings. The minimum Gasteiger partial charge on any atom is -0.480 e. The maximum Gasteiger partial charge on any atom is 0.226 e. The summed E-state index contributed by atoms with van der Waals surface area (Å²) in [5, 5.41) is 0. The molecule has 3 aliphatic rings. The third kappa shape index (κ3) is 3.07. The summed E-state index contributed by atoms with van der Waals surface area (Å²) in [5.74, 6) is 1.88. The predicted molar refractivity (Wildman–Crippen MR) is 112 cm³/mol.